The lowest BCUT2D eigenvalue weighted by atomic mass is 9.87. The maximum Gasteiger partial charge on any atom is 0.283 e. The number of carbonyl (C=O) groups is 1. The number of carbonyl (C=O) groups excluding carboxylic acids is 1. The number of aliphatic imine (C=N–C) groups is 1. The molecule has 41 heavy (non-hydrogen) atoms. The van der Waals surface area contributed by atoms with Crippen molar-refractivity contribution in [3.05, 3.63) is 98.9 Å². The number of nitrogens with one attached hydrogen (secondary N) is 1. The molecule has 2 aliphatic rings. The molecule has 0 aliphatic carbocycles. The fourth-order valence-corrected chi connectivity index (χ4v) is 5.86. The predicted octanol–water partition coefficient (Wildman–Crippen LogP) is 7.52. The van der Waals surface area contributed by atoms with Gasteiger partial charge in [0.1, 0.15) is 24.8 Å². The van der Waals surface area contributed by atoms with E-state index < -0.39 is 5.91 Å². The number of rotatable bonds is 8. The van der Waals surface area contributed by atoms with Crippen molar-refractivity contribution in [3.63, 3.8) is 0 Å². The molecular formula is C32H30BrN3O4S. The molecule has 2 aliphatic heterocycles. The molecule has 0 fully saturated rings. The zero-order chi connectivity index (χ0) is 29.1. The minimum Gasteiger partial charge on any atom is -0.493 e. The Morgan fingerprint density at radius 2 is 1.73 bits per heavy atom. The summed E-state index contributed by atoms with van der Waals surface area (Å²) in [6.45, 7) is 7.19. The fraction of sp³-hybridized carbons (Fsp3) is 0.219. The van der Waals surface area contributed by atoms with Crippen LogP contribution >= 0.6 is 27.7 Å². The van der Waals surface area contributed by atoms with Crippen LogP contribution in [0.1, 0.15) is 37.5 Å². The van der Waals surface area contributed by atoms with E-state index in [1.807, 2.05) is 53.9 Å². The Morgan fingerprint density at radius 3 is 2.41 bits per heavy atom. The second-order valence-electron chi connectivity index (χ2n) is 10.4. The van der Waals surface area contributed by atoms with Gasteiger partial charge in [-0.15, -0.1) is 0 Å². The lowest BCUT2D eigenvalue weighted by molar-refractivity contribution is -0.114. The molecule has 5 rings (SSSR count). The number of amidine groups is 2. The van der Waals surface area contributed by atoms with Crippen LogP contribution in [0.5, 0.6) is 17.2 Å². The van der Waals surface area contributed by atoms with Crippen LogP contribution < -0.4 is 14.2 Å². The van der Waals surface area contributed by atoms with Crippen molar-refractivity contribution in [3.8, 4) is 17.2 Å². The number of ether oxygens (including phenoxy) is 3. The number of hydrogen-bond acceptors (Lipinski definition) is 6. The molecule has 1 N–H and O–H groups in total. The molecule has 0 radical (unpaired) electrons. The molecule has 0 spiro atoms. The van der Waals surface area contributed by atoms with Gasteiger partial charge in [0.15, 0.2) is 16.7 Å². The van der Waals surface area contributed by atoms with Crippen molar-refractivity contribution in [2.75, 3.05) is 20.3 Å². The van der Waals surface area contributed by atoms with E-state index in [1.54, 1.807) is 24.2 Å². The van der Waals surface area contributed by atoms with E-state index >= 15 is 0 Å². The van der Waals surface area contributed by atoms with Crippen LogP contribution in [0, 0.1) is 5.41 Å². The van der Waals surface area contributed by atoms with Gasteiger partial charge in [0.05, 0.1) is 22.9 Å². The summed E-state index contributed by atoms with van der Waals surface area (Å²) in [5.74, 6) is 1.41. The van der Waals surface area contributed by atoms with Gasteiger partial charge in [-0.1, -0.05) is 75.0 Å². The summed E-state index contributed by atoms with van der Waals surface area (Å²) in [6, 6.07) is 21.4. The van der Waals surface area contributed by atoms with Crippen molar-refractivity contribution < 1.29 is 19.0 Å². The second-order valence-corrected chi connectivity index (χ2v) is 12.1. The standard InChI is InChI=1S/C32H30BrN3O4S/c1-32(2,3)22-10-12-23(13-11-22)39-14-15-40-28-25(33)17-20(18-27(28)38-4)16-24-29(34)36-26(21-8-6-5-7-9-21)19-41-31(36)35-30(24)37/h5-13,16-19,34H,14-15H2,1-4H3. The average Bonchev–Trinajstić information content (AvgIpc) is 3.38. The minimum absolute atomic E-state index is 0.0724. The van der Waals surface area contributed by atoms with E-state index in [0.717, 1.165) is 17.0 Å². The fourth-order valence-electron chi connectivity index (χ4n) is 4.40. The van der Waals surface area contributed by atoms with Gasteiger partial charge in [-0.3, -0.25) is 15.1 Å². The van der Waals surface area contributed by atoms with Crippen molar-refractivity contribution >= 4 is 56.4 Å². The zero-order valence-corrected chi connectivity index (χ0v) is 25.6. The summed E-state index contributed by atoms with van der Waals surface area (Å²) in [5, 5.41) is 11.3. The summed E-state index contributed by atoms with van der Waals surface area (Å²) in [4.78, 5) is 18.9. The largest absolute Gasteiger partial charge is 0.493 e. The highest BCUT2D eigenvalue weighted by Gasteiger charge is 2.36. The predicted molar refractivity (Wildman–Crippen MR) is 169 cm³/mol. The van der Waals surface area contributed by atoms with Gasteiger partial charge in [-0.05, 0) is 68.4 Å². The first-order valence-electron chi connectivity index (χ1n) is 13.1. The molecule has 7 nitrogen and oxygen atoms in total. The van der Waals surface area contributed by atoms with Crippen molar-refractivity contribution in [1.82, 2.24) is 4.90 Å². The highest BCUT2D eigenvalue weighted by molar-refractivity contribution is 9.10. The Balaban J connectivity index is 1.29. The third kappa shape index (κ3) is 6.26. The zero-order valence-electron chi connectivity index (χ0n) is 23.2. The monoisotopic (exact) mass is 631 g/mol. The number of amides is 1. The molecule has 0 atom stereocenters. The number of thioether (sulfide) groups is 1. The van der Waals surface area contributed by atoms with Gasteiger partial charge in [0.2, 0.25) is 0 Å². The molecule has 0 saturated carbocycles. The number of nitrogens with zero attached hydrogens (tertiary/aromatic N) is 2. The summed E-state index contributed by atoms with van der Waals surface area (Å²) in [6.07, 6.45) is 1.65. The Kier molecular flexibility index (Phi) is 8.37. The number of methoxy groups -OCH3 is 1. The number of hydrogen-bond donors (Lipinski definition) is 1. The first kappa shape index (κ1) is 28.7. The first-order chi connectivity index (χ1) is 19.7. The molecule has 3 aromatic rings. The number of halogens is 1. The van der Waals surface area contributed by atoms with Crippen LogP contribution in [-0.4, -0.2) is 42.1 Å². The lowest BCUT2D eigenvalue weighted by Gasteiger charge is -2.27. The summed E-state index contributed by atoms with van der Waals surface area (Å²) >= 11 is 4.91. The SMILES string of the molecule is COc1cc(C=C2C(=N)N3C(c4ccccc4)=CSC3=NC2=O)cc(Br)c1OCCOc1ccc(C(C)(C)C)cc1. The van der Waals surface area contributed by atoms with Crippen molar-refractivity contribution in [2.24, 2.45) is 4.99 Å². The van der Waals surface area contributed by atoms with Gasteiger partial charge in [-0.25, -0.2) is 0 Å². The third-order valence-electron chi connectivity index (χ3n) is 6.57. The van der Waals surface area contributed by atoms with Gasteiger partial charge < -0.3 is 14.2 Å². The Labute approximate surface area is 252 Å². The quantitative estimate of drug-likeness (QED) is 0.204. The van der Waals surface area contributed by atoms with E-state index in [-0.39, 0.29) is 16.8 Å². The van der Waals surface area contributed by atoms with Gasteiger partial charge in [0.25, 0.3) is 5.91 Å². The number of benzene rings is 3. The van der Waals surface area contributed by atoms with Crippen LogP contribution in [0.3, 0.4) is 0 Å². The summed E-state index contributed by atoms with van der Waals surface area (Å²) in [7, 11) is 1.56. The van der Waals surface area contributed by atoms with E-state index in [4.69, 9.17) is 19.6 Å². The molecular weight excluding hydrogens is 602 g/mol. The molecule has 0 bridgehead atoms. The average molecular weight is 633 g/mol. The van der Waals surface area contributed by atoms with Gasteiger partial charge in [-0.2, -0.15) is 4.99 Å². The topological polar surface area (TPSA) is 84.2 Å². The maximum absolute atomic E-state index is 12.9. The van der Waals surface area contributed by atoms with E-state index in [9.17, 15) is 4.79 Å². The molecule has 1 amide bonds. The molecule has 0 aromatic heterocycles. The molecule has 0 saturated heterocycles. The first-order valence-corrected chi connectivity index (χ1v) is 14.7. The lowest BCUT2D eigenvalue weighted by Crippen LogP contribution is -2.38. The van der Waals surface area contributed by atoms with E-state index in [0.29, 0.717) is 39.9 Å². The van der Waals surface area contributed by atoms with Gasteiger partial charge in [0, 0.05) is 5.41 Å². The molecule has 3 aromatic carbocycles. The van der Waals surface area contributed by atoms with Crippen LogP contribution in [0.4, 0.5) is 0 Å². The normalized spacial score (nSPS) is 15.9. The van der Waals surface area contributed by atoms with E-state index in [1.165, 1.54) is 17.3 Å². The number of fused-ring (bicyclic) bond motifs is 1. The molecule has 2 heterocycles. The van der Waals surface area contributed by atoms with Crippen LogP contribution in [0.25, 0.3) is 11.8 Å². The van der Waals surface area contributed by atoms with Crippen molar-refractivity contribution in [2.45, 2.75) is 26.2 Å². The van der Waals surface area contributed by atoms with Gasteiger partial charge >= 0.3 is 0 Å². The molecule has 210 valence electrons. The van der Waals surface area contributed by atoms with Crippen LogP contribution in [-0.2, 0) is 10.2 Å². The minimum atomic E-state index is -0.459. The highest BCUT2D eigenvalue weighted by atomic mass is 79.9. The van der Waals surface area contributed by atoms with Crippen molar-refractivity contribution in [1.29, 1.82) is 5.41 Å². The Morgan fingerprint density at radius 1 is 1.02 bits per heavy atom. The molecule has 0 unspecified atom stereocenters. The summed E-state index contributed by atoms with van der Waals surface area (Å²) in [5.41, 5.74) is 3.94. The van der Waals surface area contributed by atoms with Crippen LogP contribution in [0.2, 0.25) is 0 Å². The van der Waals surface area contributed by atoms with E-state index in [2.05, 4.69) is 53.8 Å². The summed E-state index contributed by atoms with van der Waals surface area (Å²) < 4.78 is 18.1. The maximum atomic E-state index is 12.9. The van der Waals surface area contributed by atoms with Crippen LogP contribution in [0.15, 0.2) is 87.2 Å². The second kappa shape index (κ2) is 12.0. The Hall–Kier alpha value is -3.82. The Bertz CT molecular complexity index is 1570. The molecule has 9 heteroatoms. The third-order valence-corrected chi connectivity index (χ3v) is 7.98. The highest BCUT2D eigenvalue weighted by Crippen LogP contribution is 2.40. The smallest absolute Gasteiger partial charge is 0.283 e.